The van der Waals surface area contributed by atoms with Crippen molar-refractivity contribution in [1.82, 2.24) is 0 Å². The van der Waals surface area contributed by atoms with Crippen LogP contribution in [0.15, 0.2) is 17.7 Å². The minimum absolute atomic E-state index is 0.0921. The lowest BCUT2D eigenvalue weighted by atomic mass is 9.59. The number of allylic oxidation sites excluding steroid dienone is 2. The van der Waals surface area contributed by atoms with Crippen molar-refractivity contribution in [2.24, 2.45) is 16.7 Å². The number of rotatable bonds is 0. The molecule has 0 saturated heterocycles. The molecule has 2 fully saturated rings. The van der Waals surface area contributed by atoms with E-state index in [1.54, 1.807) is 6.07 Å². The van der Waals surface area contributed by atoms with Crippen molar-refractivity contribution >= 4 is 11.4 Å². The Morgan fingerprint density at radius 2 is 2.13 bits per heavy atom. The van der Waals surface area contributed by atoms with E-state index in [-0.39, 0.29) is 16.6 Å². The molecule has 4 aliphatic rings. The van der Waals surface area contributed by atoms with Gasteiger partial charge in [0.25, 0.3) is 0 Å². The van der Waals surface area contributed by atoms with Crippen LogP contribution in [0.2, 0.25) is 0 Å². The van der Waals surface area contributed by atoms with Crippen LogP contribution in [0.25, 0.3) is 5.57 Å². The van der Waals surface area contributed by atoms with E-state index in [4.69, 9.17) is 0 Å². The Morgan fingerprint density at radius 1 is 1.30 bits per heavy atom. The second-order valence-electron chi connectivity index (χ2n) is 7.93. The van der Waals surface area contributed by atoms with Crippen LogP contribution in [-0.4, -0.2) is 10.9 Å². The van der Waals surface area contributed by atoms with E-state index in [0.29, 0.717) is 17.3 Å². The van der Waals surface area contributed by atoms with Crippen LogP contribution >= 0.6 is 0 Å². The summed E-state index contributed by atoms with van der Waals surface area (Å²) in [7, 11) is 0. The van der Waals surface area contributed by atoms with Crippen molar-refractivity contribution in [3.8, 4) is 11.8 Å². The number of carbonyl (C=O) groups is 1. The lowest BCUT2D eigenvalue weighted by molar-refractivity contribution is -0.128. The summed E-state index contributed by atoms with van der Waals surface area (Å²) in [5.41, 5.74) is 5.52. The Morgan fingerprint density at radius 3 is 2.91 bits per heavy atom. The molecule has 0 amide bonds. The van der Waals surface area contributed by atoms with E-state index in [0.717, 1.165) is 43.2 Å². The van der Waals surface area contributed by atoms with E-state index >= 15 is 0 Å². The molecule has 3 heteroatoms. The fourth-order valence-electron chi connectivity index (χ4n) is 5.95. The van der Waals surface area contributed by atoms with Crippen LogP contribution in [0.4, 0.5) is 0 Å². The third-order valence-corrected chi connectivity index (χ3v) is 7.23. The standard InChI is InChI=1S/C20H19NO2/c1-19-5-4-14-15-6-12(10-21)17(22)7-11(15)2-3-16(14)20(19)9-13(20)8-18(19)23/h6-7,13,22H,2-5,8-9H2,1H3/t13-,19-,20+/m1/s1. The first-order valence-corrected chi connectivity index (χ1v) is 8.53. The average Bonchev–Trinajstić information content (AvgIpc) is 3.19. The van der Waals surface area contributed by atoms with E-state index in [9.17, 15) is 15.2 Å². The maximum absolute atomic E-state index is 12.5. The fraction of sp³-hybridized carbons (Fsp3) is 0.500. The Kier molecular flexibility index (Phi) is 2.25. The number of nitrogens with zero attached hydrogens (tertiary/aromatic N) is 1. The SMILES string of the molecule is C[C@]12CCC3=C(CCc4cc(O)c(C#N)cc43)[C@@]13C[C@H]3CC2=O. The Balaban J connectivity index is 1.73. The summed E-state index contributed by atoms with van der Waals surface area (Å²) in [6, 6.07) is 5.73. The van der Waals surface area contributed by atoms with Gasteiger partial charge in [0, 0.05) is 17.3 Å². The predicted octanol–water partition coefficient (Wildman–Crippen LogP) is 3.74. The number of carbonyl (C=O) groups excluding carboxylic acids is 1. The second kappa shape index (κ2) is 3.87. The van der Waals surface area contributed by atoms with Crippen molar-refractivity contribution in [3.05, 3.63) is 34.4 Å². The highest BCUT2D eigenvalue weighted by atomic mass is 16.3. The maximum atomic E-state index is 12.5. The van der Waals surface area contributed by atoms with Gasteiger partial charge in [0.2, 0.25) is 0 Å². The molecule has 116 valence electrons. The minimum Gasteiger partial charge on any atom is -0.507 e. The van der Waals surface area contributed by atoms with Crippen LogP contribution in [0.3, 0.4) is 0 Å². The molecule has 0 bridgehead atoms. The number of benzene rings is 1. The van der Waals surface area contributed by atoms with Crippen LogP contribution < -0.4 is 0 Å². The topological polar surface area (TPSA) is 61.1 Å². The minimum atomic E-state index is -0.150. The number of hydrogen-bond acceptors (Lipinski definition) is 3. The smallest absolute Gasteiger partial charge is 0.139 e. The molecule has 1 aromatic carbocycles. The van der Waals surface area contributed by atoms with Gasteiger partial charge in [0.05, 0.1) is 5.56 Å². The normalized spacial score (nSPS) is 36.7. The molecule has 1 N–H and O–H groups in total. The Labute approximate surface area is 135 Å². The van der Waals surface area contributed by atoms with Gasteiger partial charge in [-0.1, -0.05) is 12.5 Å². The number of phenols is 1. The largest absolute Gasteiger partial charge is 0.507 e. The van der Waals surface area contributed by atoms with E-state index < -0.39 is 0 Å². The highest BCUT2D eigenvalue weighted by Gasteiger charge is 2.74. The van der Waals surface area contributed by atoms with E-state index in [2.05, 4.69) is 13.0 Å². The Bertz CT molecular complexity index is 859. The van der Waals surface area contributed by atoms with E-state index in [1.165, 1.54) is 17.6 Å². The predicted molar refractivity (Wildman–Crippen MR) is 85.6 cm³/mol. The number of nitriles is 1. The van der Waals surface area contributed by atoms with Crippen molar-refractivity contribution in [2.75, 3.05) is 0 Å². The van der Waals surface area contributed by atoms with Crippen LogP contribution in [0.5, 0.6) is 5.75 Å². The molecule has 3 atom stereocenters. The lowest BCUT2D eigenvalue weighted by Gasteiger charge is -2.43. The average molecular weight is 305 g/mol. The second-order valence-corrected chi connectivity index (χ2v) is 7.93. The van der Waals surface area contributed by atoms with Gasteiger partial charge in [0.15, 0.2) is 0 Å². The molecule has 23 heavy (non-hydrogen) atoms. The number of aromatic hydroxyl groups is 1. The van der Waals surface area contributed by atoms with Gasteiger partial charge in [-0.15, -0.1) is 0 Å². The van der Waals surface area contributed by atoms with Crippen molar-refractivity contribution < 1.29 is 9.90 Å². The molecule has 2 saturated carbocycles. The summed E-state index contributed by atoms with van der Waals surface area (Å²) in [6.45, 7) is 2.19. The number of phenolic OH excluding ortho intramolecular Hbond substituents is 1. The maximum Gasteiger partial charge on any atom is 0.139 e. The molecule has 0 aliphatic heterocycles. The summed E-state index contributed by atoms with van der Waals surface area (Å²) in [5.74, 6) is 1.11. The van der Waals surface area contributed by atoms with Crippen LogP contribution in [0, 0.1) is 28.1 Å². The molecular weight excluding hydrogens is 286 g/mol. The molecule has 0 aromatic heterocycles. The number of ketones is 1. The first kappa shape index (κ1) is 13.4. The highest BCUT2D eigenvalue weighted by Crippen LogP contribution is 2.78. The molecule has 1 aromatic rings. The monoisotopic (exact) mass is 305 g/mol. The molecule has 4 aliphatic carbocycles. The highest BCUT2D eigenvalue weighted by molar-refractivity contribution is 5.94. The first-order chi connectivity index (χ1) is 11.0. The Hall–Kier alpha value is -2.08. The van der Waals surface area contributed by atoms with Gasteiger partial charge >= 0.3 is 0 Å². The molecule has 3 nitrogen and oxygen atoms in total. The van der Waals surface area contributed by atoms with Crippen LogP contribution in [0.1, 0.15) is 55.7 Å². The van der Waals surface area contributed by atoms with Gasteiger partial charge in [0.1, 0.15) is 17.6 Å². The van der Waals surface area contributed by atoms with E-state index in [1.807, 2.05) is 6.07 Å². The van der Waals surface area contributed by atoms with Gasteiger partial charge in [-0.2, -0.15) is 5.26 Å². The zero-order valence-corrected chi connectivity index (χ0v) is 13.3. The summed E-state index contributed by atoms with van der Waals surface area (Å²) >= 11 is 0. The lowest BCUT2D eigenvalue weighted by Crippen LogP contribution is -2.38. The van der Waals surface area contributed by atoms with Gasteiger partial charge in [-0.3, -0.25) is 4.79 Å². The molecule has 0 heterocycles. The third kappa shape index (κ3) is 1.35. The van der Waals surface area contributed by atoms with Gasteiger partial charge in [-0.05, 0) is 66.9 Å². The first-order valence-electron chi connectivity index (χ1n) is 8.53. The van der Waals surface area contributed by atoms with Gasteiger partial charge < -0.3 is 5.11 Å². The number of fused-ring (bicyclic) bond motifs is 2. The number of Topliss-reactive ketones (excluding diaryl/α,β-unsaturated/α-hetero) is 1. The molecule has 1 spiro atoms. The molecular formula is C20H19NO2. The quantitative estimate of drug-likeness (QED) is 0.794. The number of aryl methyl sites for hydroxylation is 1. The van der Waals surface area contributed by atoms with Crippen LogP contribution in [-0.2, 0) is 11.2 Å². The summed E-state index contributed by atoms with van der Waals surface area (Å²) in [6.07, 6.45) is 5.71. The molecule has 0 unspecified atom stereocenters. The number of hydrogen-bond donors (Lipinski definition) is 1. The molecule has 0 radical (unpaired) electrons. The zero-order chi connectivity index (χ0) is 16.0. The molecule has 5 rings (SSSR count). The van der Waals surface area contributed by atoms with Crippen molar-refractivity contribution in [3.63, 3.8) is 0 Å². The van der Waals surface area contributed by atoms with Gasteiger partial charge in [-0.25, -0.2) is 0 Å². The van der Waals surface area contributed by atoms with Crippen molar-refractivity contribution in [2.45, 2.75) is 45.4 Å². The summed E-state index contributed by atoms with van der Waals surface area (Å²) in [5, 5.41) is 19.2. The third-order valence-electron chi connectivity index (χ3n) is 7.23. The summed E-state index contributed by atoms with van der Waals surface area (Å²) in [4.78, 5) is 12.5. The summed E-state index contributed by atoms with van der Waals surface area (Å²) < 4.78 is 0. The van der Waals surface area contributed by atoms with Crippen molar-refractivity contribution in [1.29, 1.82) is 5.26 Å². The fourth-order valence-corrected chi connectivity index (χ4v) is 5.95. The zero-order valence-electron chi connectivity index (χ0n) is 13.3.